The molecule has 176 valence electrons. The van der Waals surface area contributed by atoms with Crippen molar-refractivity contribution in [2.24, 2.45) is 0 Å². The first-order valence-corrected chi connectivity index (χ1v) is 12.0. The van der Waals surface area contributed by atoms with Gasteiger partial charge in [0.15, 0.2) is 5.11 Å². The molecule has 0 radical (unpaired) electrons. The first kappa shape index (κ1) is 23.1. The molecular weight excluding hydrogens is 480 g/mol. The van der Waals surface area contributed by atoms with Crippen LogP contribution in [0.2, 0.25) is 5.02 Å². The van der Waals surface area contributed by atoms with E-state index in [9.17, 15) is 4.79 Å². The van der Waals surface area contributed by atoms with Crippen LogP contribution < -0.4 is 10.6 Å². The van der Waals surface area contributed by atoms with Gasteiger partial charge in [0.2, 0.25) is 5.91 Å². The Morgan fingerprint density at radius 2 is 1.91 bits per heavy atom. The van der Waals surface area contributed by atoms with Crippen molar-refractivity contribution in [2.75, 3.05) is 11.9 Å². The van der Waals surface area contributed by atoms with Gasteiger partial charge in [0.25, 0.3) is 0 Å². The van der Waals surface area contributed by atoms with Crippen LogP contribution >= 0.6 is 23.8 Å². The van der Waals surface area contributed by atoms with E-state index < -0.39 is 0 Å². The third-order valence-corrected chi connectivity index (χ3v) is 6.70. The number of benzene rings is 2. The summed E-state index contributed by atoms with van der Waals surface area (Å²) in [5.74, 6) is 1.18. The Labute approximate surface area is 213 Å². The van der Waals surface area contributed by atoms with Crippen molar-refractivity contribution >= 4 is 40.5 Å². The third-order valence-electron chi connectivity index (χ3n) is 5.94. The molecule has 8 heteroatoms. The molecule has 35 heavy (non-hydrogen) atoms. The van der Waals surface area contributed by atoms with E-state index in [-0.39, 0.29) is 24.5 Å². The predicted octanol–water partition coefficient (Wildman–Crippen LogP) is 5.91. The quantitative estimate of drug-likeness (QED) is 0.319. The maximum Gasteiger partial charge on any atom is 0.244 e. The average Bonchev–Trinajstić information content (AvgIpc) is 3.47. The number of nitrogens with zero attached hydrogens (tertiary/aromatic N) is 2. The molecule has 6 nitrogen and oxygen atoms in total. The zero-order chi connectivity index (χ0) is 24.4. The van der Waals surface area contributed by atoms with Crippen LogP contribution in [0.1, 0.15) is 29.1 Å². The van der Waals surface area contributed by atoms with Gasteiger partial charge < -0.3 is 20.0 Å². The molecule has 0 bridgehead atoms. The Morgan fingerprint density at radius 3 is 2.66 bits per heavy atom. The van der Waals surface area contributed by atoms with Crippen molar-refractivity contribution in [1.82, 2.24) is 15.2 Å². The smallest absolute Gasteiger partial charge is 0.244 e. The van der Waals surface area contributed by atoms with E-state index in [1.54, 1.807) is 6.20 Å². The van der Waals surface area contributed by atoms with Crippen LogP contribution in [0.4, 0.5) is 5.69 Å². The van der Waals surface area contributed by atoms with Crippen LogP contribution in [0, 0.1) is 6.92 Å². The largest absolute Gasteiger partial charge is 0.459 e. The van der Waals surface area contributed by atoms with Gasteiger partial charge in [0.05, 0.1) is 11.7 Å². The number of furan rings is 1. The number of hydrogen-bond acceptors (Lipinski definition) is 4. The summed E-state index contributed by atoms with van der Waals surface area (Å²) in [7, 11) is 0. The lowest BCUT2D eigenvalue weighted by Crippen LogP contribution is -2.36. The second-order valence-electron chi connectivity index (χ2n) is 8.33. The molecule has 3 heterocycles. The molecule has 5 rings (SSSR count). The summed E-state index contributed by atoms with van der Waals surface area (Å²) in [6.07, 6.45) is 1.74. The normalized spacial score (nSPS) is 17.3. The molecule has 1 aliphatic rings. The monoisotopic (exact) mass is 502 g/mol. The topological polar surface area (TPSA) is 70.4 Å². The van der Waals surface area contributed by atoms with E-state index in [1.165, 1.54) is 0 Å². The SMILES string of the molecule is Cc1ccc(-c2ccc([C@@H]3[C@H](c4ccccn4)NC(=S)N3CC(=O)Nc3ccccc3)o2)cc1Cl. The fourth-order valence-electron chi connectivity index (χ4n) is 4.17. The zero-order valence-corrected chi connectivity index (χ0v) is 20.5. The maximum atomic E-state index is 12.9. The number of aryl methyl sites for hydroxylation is 1. The number of para-hydroxylation sites is 1. The fraction of sp³-hybridized carbons (Fsp3) is 0.148. The molecule has 0 saturated carbocycles. The number of carbonyl (C=O) groups excluding carboxylic acids is 1. The van der Waals surface area contributed by atoms with Crippen LogP contribution in [-0.4, -0.2) is 27.4 Å². The van der Waals surface area contributed by atoms with E-state index in [2.05, 4.69) is 15.6 Å². The molecule has 1 fully saturated rings. The highest BCUT2D eigenvalue weighted by molar-refractivity contribution is 7.80. The third kappa shape index (κ3) is 4.92. The molecule has 0 spiro atoms. The summed E-state index contributed by atoms with van der Waals surface area (Å²) in [6.45, 7) is 2.02. The highest BCUT2D eigenvalue weighted by Crippen LogP contribution is 2.40. The molecule has 4 aromatic rings. The van der Waals surface area contributed by atoms with Crippen molar-refractivity contribution in [3.8, 4) is 11.3 Å². The molecule has 0 aliphatic carbocycles. The number of aromatic nitrogens is 1. The molecule has 1 saturated heterocycles. The van der Waals surface area contributed by atoms with Gasteiger partial charge in [-0.25, -0.2) is 0 Å². The lowest BCUT2D eigenvalue weighted by atomic mass is 10.0. The zero-order valence-electron chi connectivity index (χ0n) is 18.9. The number of hydrogen-bond donors (Lipinski definition) is 2. The first-order valence-electron chi connectivity index (χ1n) is 11.2. The molecule has 2 aromatic carbocycles. The highest BCUT2D eigenvalue weighted by atomic mass is 35.5. The van der Waals surface area contributed by atoms with E-state index in [1.807, 2.05) is 90.7 Å². The minimum Gasteiger partial charge on any atom is -0.459 e. The standard InChI is InChI=1S/C27H23ClN4O2S/c1-17-10-11-18(15-20(17)28)22-12-13-23(34-22)26-25(21-9-5-6-14-29-21)31-27(35)32(26)16-24(33)30-19-7-3-2-4-8-19/h2-15,25-26H,16H2,1H3,(H,30,33)(H,31,35)/t25-,26+/m0/s1. The minimum atomic E-state index is -0.367. The van der Waals surface area contributed by atoms with Crippen LogP contribution in [0.15, 0.2) is 89.5 Å². The molecule has 1 amide bonds. The Balaban J connectivity index is 1.47. The van der Waals surface area contributed by atoms with E-state index >= 15 is 0 Å². The molecule has 2 aromatic heterocycles. The molecule has 2 N–H and O–H groups in total. The number of nitrogens with one attached hydrogen (secondary N) is 2. The number of pyridine rings is 1. The van der Waals surface area contributed by atoms with Crippen LogP contribution in [-0.2, 0) is 4.79 Å². The lowest BCUT2D eigenvalue weighted by Gasteiger charge is -2.25. The van der Waals surface area contributed by atoms with Gasteiger partial charge in [0, 0.05) is 22.5 Å². The fourth-order valence-corrected chi connectivity index (χ4v) is 4.66. The van der Waals surface area contributed by atoms with Gasteiger partial charge >= 0.3 is 0 Å². The van der Waals surface area contributed by atoms with E-state index in [0.717, 1.165) is 22.5 Å². The number of halogens is 1. The average molecular weight is 503 g/mol. The van der Waals surface area contributed by atoms with Gasteiger partial charge in [-0.1, -0.05) is 48.0 Å². The minimum absolute atomic E-state index is 0.0567. The van der Waals surface area contributed by atoms with Crippen molar-refractivity contribution in [3.63, 3.8) is 0 Å². The van der Waals surface area contributed by atoms with Crippen molar-refractivity contribution < 1.29 is 9.21 Å². The summed E-state index contributed by atoms with van der Waals surface area (Å²) in [6, 6.07) is 24.1. The Bertz CT molecular complexity index is 1360. The maximum absolute atomic E-state index is 12.9. The number of anilines is 1. The van der Waals surface area contributed by atoms with Gasteiger partial charge in [0.1, 0.15) is 24.1 Å². The first-order chi connectivity index (χ1) is 17.0. The number of thiocarbonyl (C=S) groups is 1. The molecule has 2 atom stereocenters. The number of carbonyl (C=O) groups is 1. The van der Waals surface area contributed by atoms with Gasteiger partial charge in [-0.05, 0) is 67.2 Å². The Morgan fingerprint density at radius 1 is 1.11 bits per heavy atom. The van der Waals surface area contributed by atoms with Crippen molar-refractivity contribution in [3.05, 3.63) is 107 Å². The number of rotatable bonds is 6. The van der Waals surface area contributed by atoms with Gasteiger partial charge in [-0.2, -0.15) is 0 Å². The van der Waals surface area contributed by atoms with Crippen molar-refractivity contribution in [2.45, 2.75) is 19.0 Å². The van der Waals surface area contributed by atoms with Crippen LogP contribution in [0.25, 0.3) is 11.3 Å². The predicted molar refractivity (Wildman–Crippen MR) is 141 cm³/mol. The number of amides is 1. The summed E-state index contributed by atoms with van der Waals surface area (Å²) in [4.78, 5) is 19.3. The molecule has 0 unspecified atom stereocenters. The molecular formula is C27H23ClN4O2S. The summed E-state index contributed by atoms with van der Waals surface area (Å²) in [5.41, 5.74) is 3.41. The summed E-state index contributed by atoms with van der Waals surface area (Å²) < 4.78 is 6.32. The van der Waals surface area contributed by atoms with Crippen LogP contribution in [0.3, 0.4) is 0 Å². The highest BCUT2D eigenvalue weighted by Gasteiger charge is 2.42. The Hall–Kier alpha value is -3.68. The van der Waals surface area contributed by atoms with Gasteiger partial charge in [-0.15, -0.1) is 0 Å². The summed E-state index contributed by atoms with van der Waals surface area (Å²) >= 11 is 12.0. The van der Waals surface area contributed by atoms with Gasteiger partial charge in [-0.3, -0.25) is 9.78 Å². The molecule has 1 aliphatic heterocycles. The Kier molecular flexibility index (Phi) is 6.53. The second-order valence-corrected chi connectivity index (χ2v) is 9.13. The van der Waals surface area contributed by atoms with Crippen LogP contribution in [0.5, 0.6) is 0 Å². The van der Waals surface area contributed by atoms with E-state index in [4.69, 9.17) is 28.2 Å². The summed E-state index contributed by atoms with van der Waals surface area (Å²) in [5, 5.41) is 7.41. The second kappa shape index (κ2) is 9.90. The van der Waals surface area contributed by atoms with E-state index in [0.29, 0.717) is 21.7 Å². The van der Waals surface area contributed by atoms with Crippen molar-refractivity contribution in [1.29, 1.82) is 0 Å². The lowest BCUT2D eigenvalue weighted by molar-refractivity contribution is -0.116.